The predicted molar refractivity (Wildman–Crippen MR) is 127 cm³/mol. The molecule has 8 heteroatoms. The topological polar surface area (TPSA) is 68.0 Å². The molecule has 4 aromatic heterocycles. The van der Waals surface area contributed by atoms with Crippen LogP contribution in [0.2, 0.25) is 5.02 Å². The van der Waals surface area contributed by atoms with Gasteiger partial charge in [0, 0.05) is 46.6 Å². The third-order valence-corrected chi connectivity index (χ3v) is 6.21. The second-order valence-electron chi connectivity index (χ2n) is 7.93. The Bertz CT molecular complexity index is 1720. The second-order valence-corrected chi connectivity index (χ2v) is 8.36. The number of pyridine rings is 1. The first kappa shape index (κ1) is 19.7. The van der Waals surface area contributed by atoms with Crippen LogP contribution in [-0.4, -0.2) is 24.1 Å². The first-order valence-corrected chi connectivity index (χ1v) is 10.8. The fourth-order valence-electron chi connectivity index (χ4n) is 4.26. The summed E-state index contributed by atoms with van der Waals surface area (Å²) in [6, 6.07) is 13.8. The van der Waals surface area contributed by atoms with E-state index in [0.29, 0.717) is 34.5 Å². The molecule has 1 N–H and O–H groups in total. The normalized spacial score (nSPS) is 11.7. The number of H-pyrrole nitrogens is 1. The zero-order valence-corrected chi connectivity index (χ0v) is 18.1. The number of aromatic amines is 1. The van der Waals surface area contributed by atoms with Gasteiger partial charge in [-0.15, -0.1) is 0 Å². The van der Waals surface area contributed by atoms with Gasteiger partial charge in [0.05, 0.1) is 17.1 Å². The molecule has 4 heterocycles. The molecule has 0 amide bonds. The molecule has 0 saturated heterocycles. The van der Waals surface area contributed by atoms with Crippen molar-refractivity contribution in [2.45, 2.75) is 13.0 Å². The monoisotopic (exact) mass is 457 g/mol. The van der Waals surface area contributed by atoms with Crippen LogP contribution >= 0.6 is 11.6 Å². The van der Waals surface area contributed by atoms with Crippen LogP contribution in [0.1, 0.15) is 5.56 Å². The summed E-state index contributed by atoms with van der Waals surface area (Å²) in [6.45, 7) is 0.520. The quantitative estimate of drug-likeness (QED) is 0.394. The van der Waals surface area contributed by atoms with E-state index >= 15 is 0 Å². The van der Waals surface area contributed by atoms with E-state index in [0.717, 1.165) is 27.6 Å². The Balaban J connectivity index is 1.37. The van der Waals surface area contributed by atoms with Crippen molar-refractivity contribution < 1.29 is 4.39 Å². The number of hydrogen-bond donors (Lipinski definition) is 1. The summed E-state index contributed by atoms with van der Waals surface area (Å²) in [4.78, 5) is 20.9. The molecule has 6 nitrogen and oxygen atoms in total. The van der Waals surface area contributed by atoms with Crippen LogP contribution in [0.5, 0.6) is 0 Å². The van der Waals surface area contributed by atoms with Crippen LogP contribution < -0.4 is 5.56 Å². The molecule has 6 aromatic rings. The third-order valence-electron chi connectivity index (χ3n) is 5.97. The van der Waals surface area contributed by atoms with Gasteiger partial charge in [-0.3, -0.25) is 4.79 Å². The number of aromatic nitrogens is 5. The summed E-state index contributed by atoms with van der Waals surface area (Å²) in [5.41, 5.74) is 4.87. The second kappa shape index (κ2) is 7.56. The molecule has 0 atom stereocenters. The minimum atomic E-state index is -0.301. The lowest BCUT2D eigenvalue weighted by Crippen LogP contribution is -2.21. The van der Waals surface area contributed by atoms with E-state index in [1.807, 2.05) is 30.5 Å². The number of aryl methyl sites for hydroxylation is 2. The molecular formula is C25H17ClFN5O. The number of halogens is 2. The number of nitrogens with zero attached hydrogens (tertiary/aromatic N) is 4. The average Bonchev–Trinajstić information content (AvgIpc) is 3.43. The summed E-state index contributed by atoms with van der Waals surface area (Å²) in [6.07, 6.45) is 7.69. The number of nitrogens with one attached hydrogen (secondary N) is 1. The van der Waals surface area contributed by atoms with Crippen LogP contribution in [0, 0.1) is 5.82 Å². The summed E-state index contributed by atoms with van der Waals surface area (Å²) in [5, 5.41) is 6.67. The number of hydrogen-bond acceptors (Lipinski definition) is 3. The Labute approximate surface area is 191 Å². The molecule has 6 rings (SSSR count). The van der Waals surface area contributed by atoms with E-state index < -0.39 is 0 Å². The van der Waals surface area contributed by atoms with Crippen LogP contribution in [-0.2, 0) is 13.0 Å². The summed E-state index contributed by atoms with van der Waals surface area (Å²) < 4.78 is 16.6. The van der Waals surface area contributed by atoms with E-state index in [9.17, 15) is 9.18 Å². The van der Waals surface area contributed by atoms with Crippen LogP contribution in [0.3, 0.4) is 0 Å². The van der Waals surface area contributed by atoms with E-state index in [4.69, 9.17) is 11.6 Å². The maximum absolute atomic E-state index is 13.3. The van der Waals surface area contributed by atoms with Crippen LogP contribution in [0.15, 0.2) is 78.1 Å². The van der Waals surface area contributed by atoms with Crippen molar-refractivity contribution in [3.05, 3.63) is 100 Å². The van der Waals surface area contributed by atoms with Crippen molar-refractivity contribution >= 4 is 39.1 Å². The molecule has 162 valence electrons. The summed E-state index contributed by atoms with van der Waals surface area (Å²) in [5.74, 6) is -0.301. The maximum atomic E-state index is 13.3. The molecule has 33 heavy (non-hydrogen) atoms. The van der Waals surface area contributed by atoms with Gasteiger partial charge in [-0.05, 0) is 53.9 Å². The SMILES string of the molecule is O=c1c2cnc3c(-c4ccc(F)cc4)cnn3c2ccn1CCc1c[nH]c2ccc(Cl)cc12. The lowest BCUT2D eigenvalue weighted by molar-refractivity contribution is 0.628. The predicted octanol–water partition coefficient (Wildman–Crippen LogP) is 5.23. The molecule has 0 aliphatic rings. The van der Waals surface area contributed by atoms with Gasteiger partial charge in [-0.2, -0.15) is 5.10 Å². The van der Waals surface area contributed by atoms with Gasteiger partial charge < -0.3 is 9.55 Å². The van der Waals surface area contributed by atoms with Crippen molar-refractivity contribution in [3.63, 3.8) is 0 Å². The number of rotatable bonds is 4. The Morgan fingerprint density at radius 3 is 2.73 bits per heavy atom. The minimum absolute atomic E-state index is 0.126. The van der Waals surface area contributed by atoms with Crippen molar-refractivity contribution in [2.24, 2.45) is 0 Å². The van der Waals surface area contributed by atoms with E-state index in [-0.39, 0.29) is 11.4 Å². The van der Waals surface area contributed by atoms with Crippen molar-refractivity contribution in [1.29, 1.82) is 0 Å². The zero-order valence-electron chi connectivity index (χ0n) is 17.3. The van der Waals surface area contributed by atoms with Gasteiger partial charge in [-0.1, -0.05) is 23.7 Å². The number of benzene rings is 2. The number of fused-ring (bicyclic) bond motifs is 4. The average molecular weight is 458 g/mol. The van der Waals surface area contributed by atoms with Gasteiger partial charge in [0.25, 0.3) is 5.56 Å². The highest BCUT2D eigenvalue weighted by atomic mass is 35.5. The molecule has 0 aliphatic heterocycles. The van der Waals surface area contributed by atoms with Crippen LogP contribution in [0.4, 0.5) is 4.39 Å². The third kappa shape index (κ3) is 3.29. The lowest BCUT2D eigenvalue weighted by atomic mass is 10.1. The van der Waals surface area contributed by atoms with Gasteiger partial charge in [-0.25, -0.2) is 13.9 Å². The molecular weight excluding hydrogens is 441 g/mol. The Morgan fingerprint density at radius 2 is 1.88 bits per heavy atom. The molecule has 0 fully saturated rings. The molecule has 0 unspecified atom stereocenters. The Morgan fingerprint density at radius 1 is 1.03 bits per heavy atom. The summed E-state index contributed by atoms with van der Waals surface area (Å²) >= 11 is 6.15. The smallest absolute Gasteiger partial charge is 0.261 e. The minimum Gasteiger partial charge on any atom is -0.361 e. The van der Waals surface area contributed by atoms with Crippen molar-refractivity contribution in [3.8, 4) is 11.1 Å². The zero-order chi connectivity index (χ0) is 22.5. The lowest BCUT2D eigenvalue weighted by Gasteiger charge is -2.08. The van der Waals surface area contributed by atoms with Gasteiger partial charge in [0.15, 0.2) is 5.65 Å². The van der Waals surface area contributed by atoms with Gasteiger partial charge >= 0.3 is 0 Å². The van der Waals surface area contributed by atoms with Gasteiger partial charge in [0.1, 0.15) is 5.82 Å². The fraction of sp³-hybridized carbons (Fsp3) is 0.0800. The standard InChI is InChI=1S/C25H17ClFN5O/c26-17-3-6-22-19(11-17)16(12-28-22)7-9-31-10-8-23-21(25(31)33)13-29-24-20(14-30-32(23)24)15-1-4-18(27)5-2-15/h1-6,8,10-14,28H,7,9H2. The summed E-state index contributed by atoms with van der Waals surface area (Å²) in [7, 11) is 0. The van der Waals surface area contributed by atoms with E-state index in [1.165, 1.54) is 12.1 Å². The highest BCUT2D eigenvalue weighted by Gasteiger charge is 2.13. The Hall–Kier alpha value is -3.97. The highest BCUT2D eigenvalue weighted by Crippen LogP contribution is 2.26. The van der Waals surface area contributed by atoms with Crippen molar-refractivity contribution in [1.82, 2.24) is 24.1 Å². The molecule has 0 spiro atoms. The van der Waals surface area contributed by atoms with E-state index in [2.05, 4.69) is 15.1 Å². The molecule has 2 aromatic carbocycles. The first-order chi connectivity index (χ1) is 16.1. The molecule has 0 radical (unpaired) electrons. The molecule has 0 bridgehead atoms. The first-order valence-electron chi connectivity index (χ1n) is 10.5. The fourth-order valence-corrected chi connectivity index (χ4v) is 4.44. The van der Waals surface area contributed by atoms with E-state index in [1.54, 1.807) is 39.8 Å². The maximum Gasteiger partial charge on any atom is 0.261 e. The van der Waals surface area contributed by atoms with Gasteiger partial charge in [0.2, 0.25) is 0 Å². The largest absolute Gasteiger partial charge is 0.361 e. The highest BCUT2D eigenvalue weighted by molar-refractivity contribution is 6.31. The molecule has 0 aliphatic carbocycles. The van der Waals surface area contributed by atoms with Crippen LogP contribution in [0.25, 0.3) is 38.6 Å². The Kier molecular flexibility index (Phi) is 4.52. The van der Waals surface area contributed by atoms with Crippen molar-refractivity contribution in [2.75, 3.05) is 0 Å². The molecule has 0 saturated carbocycles.